The third-order valence-electron chi connectivity index (χ3n) is 6.54. The molecule has 2 aromatic heterocycles. The van der Waals surface area contributed by atoms with Crippen LogP contribution in [0.25, 0.3) is 11.3 Å². The zero-order chi connectivity index (χ0) is 23.7. The Morgan fingerprint density at radius 1 is 1.09 bits per heavy atom. The number of ether oxygens (including phenoxy) is 2. The molecule has 1 aromatic carbocycles. The summed E-state index contributed by atoms with van der Waals surface area (Å²) in [6.07, 6.45) is 1.19. The first-order valence-corrected chi connectivity index (χ1v) is 11.5. The smallest absolute Gasteiger partial charge is 0.255 e. The Labute approximate surface area is 198 Å². The fraction of sp³-hybridized carbons (Fsp3) is 0.458. The van der Waals surface area contributed by atoms with E-state index in [0.717, 1.165) is 34.3 Å². The van der Waals surface area contributed by atoms with Gasteiger partial charge in [-0.15, -0.1) is 0 Å². The van der Waals surface area contributed by atoms with Crippen molar-refractivity contribution in [1.82, 2.24) is 30.3 Å². The van der Waals surface area contributed by atoms with Gasteiger partial charge in [0.15, 0.2) is 0 Å². The Balaban J connectivity index is 1.30. The number of carbonyl (C=O) groups is 1. The van der Waals surface area contributed by atoms with Crippen molar-refractivity contribution in [3.8, 4) is 17.0 Å². The Kier molecular flexibility index (Phi) is 5.91. The Hall–Kier alpha value is -3.53. The summed E-state index contributed by atoms with van der Waals surface area (Å²) in [4.78, 5) is 26.7. The largest absolute Gasteiger partial charge is 0.497 e. The molecule has 2 aliphatic heterocycles. The van der Waals surface area contributed by atoms with E-state index in [2.05, 4.69) is 30.3 Å². The molecule has 2 saturated heterocycles. The highest BCUT2D eigenvalue weighted by Gasteiger charge is 2.47. The molecule has 0 saturated carbocycles. The van der Waals surface area contributed by atoms with Gasteiger partial charge in [-0.25, -0.2) is 9.97 Å². The van der Waals surface area contributed by atoms with Gasteiger partial charge in [-0.2, -0.15) is 15.4 Å². The van der Waals surface area contributed by atoms with Crippen LogP contribution in [0.1, 0.15) is 29.9 Å². The maximum atomic E-state index is 13.6. The van der Waals surface area contributed by atoms with E-state index in [0.29, 0.717) is 51.3 Å². The number of nitrogens with one attached hydrogen (secondary N) is 1. The highest BCUT2D eigenvalue weighted by atomic mass is 16.5. The Bertz CT molecular complexity index is 1170. The zero-order valence-electron chi connectivity index (χ0n) is 19.7. The van der Waals surface area contributed by atoms with Gasteiger partial charge in [0.2, 0.25) is 5.95 Å². The number of methoxy groups -OCH3 is 1. The molecule has 0 atom stereocenters. The van der Waals surface area contributed by atoms with Crippen molar-refractivity contribution in [2.75, 3.05) is 38.3 Å². The lowest BCUT2D eigenvalue weighted by Gasteiger charge is -2.45. The first-order valence-electron chi connectivity index (χ1n) is 11.5. The van der Waals surface area contributed by atoms with Crippen molar-refractivity contribution in [2.45, 2.75) is 38.8 Å². The number of hydrogen-bond donors (Lipinski definition) is 1. The molecule has 1 spiro atoms. The molecule has 0 aliphatic carbocycles. The molecule has 1 amide bonds. The predicted molar refractivity (Wildman–Crippen MR) is 125 cm³/mol. The summed E-state index contributed by atoms with van der Waals surface area (Å²) in [5.41, 5.74) is 3.40. The standard InChI is InChI=1S/C24H29N7O3/c1-16-13-17(2)26-23(25-16)30-9-7-24(8-10-30)22(32)31(11-12-34-24)15-20-21(28-29-27-20)18-5-4-6-19(14-18)33-3/h4-6,13-14H,7-12,15H2,1-3H3,(H,27,28,29). The minimum atomic E-state index is -0.812. The lowest BCUT2D eigenvalue weighted by atomic mass is 9.88. The Morgan fingerprint density at radius 2 is 1.85 bits per heavy atom. The third kappa shape index (κ3) is 4.21. The summed E-state index contributed by atoms with van der Waals surface area (Å²) < 4.78 is 11.5. The first-order chi connectivity index (χ1) is 16.5. The molecule has 4 heterocycles. The second kappa shape index (κ2) is 9.02. The van der Waals surface area contributed by atoms with Crippen LogP contribution in [0.3, 0.4) is 0 Å². The molecule has 34 heavy (non-hydrogen) atoms. The summed E-state index contributed by atoms with van der Waals surface area (Å²) in [6, 6.07) is 9.62. The van der Waals surface area contributed by atoms with Gasteiger partial charge in [-0.05, 0) is 32.0 Å². The van der Waals surface area contributed by atoms with E-state index in [1.54, 1.807) is 7.11 Å². The second-order valence-corrected chi connectivity index (χ2v) is 8.86. The number of morpholine rings is 1. The van der Waals surface area contributed by atoms with Gasteiger partial charge in [-0.3, -0.25) is 4.79 Å². The van der Waals surface area contributed by atoms with Gasteiger partial charge in [0, 0.05) is 49.4 Å². The van der Waals surface area contributed by atoms with E-state index >= 15 is 0 Å². The fourth-order valence-electron chi connectivity index (χ4n) is 4.77. The van der Waals surface area contributed by atoms with Crippen LogP contribution in [-0.2, 0) is 16.1 Å². The van der Waals surface area contributed by atoms with Crippen LogP contribution >= 0.6 is 0 Å². The number of piperidine rings is 1. The van der Waals surface area contributed by atoms with Crippen molar-refractivity contribution in [2.24, 2.45) is 0 Å². The molecular formula is C24H29N7O3. The summed E-state index contributed by atoms with van der Waals surface area (Å²) in [6.45, 7) is 6.67. The summed E-state index contributed by atoms with van der Waals surface area (Å²) >= 11 is 0. The number of amides is 1. The summed E-state index contributed by atoms with van der Waals surface area (Å²) in [7, 11) is 1.63. The average Bonchev–Trinajstić information content (AvgIpc) is 3.30. The molecule has 0 radical (unpaired) electrons. The SMILES string of the molecule is COc1cccc(-c2n[nH]nc2CN2CCOC3(CCN(c4nc(C)cc(C)n4)CC3)C2=O)c1. The molecule has 10 heteroatoms. The van der Waals surface area contributed by atoms with Crippen LogP contribution in [0.15, 0.2) is 30.3 Å². The van der Waals surface area contributed by atoms with Crippen LogP contribution in [0.4, 0.5) is 5.95 Å². The lowest BCUT2D eigenvalue weighted by molar-refractivity contribution is -0.176. The number of aromatic amines is 1. The molecule has 5 rings (SSSR count). The third-order valence-corrected chi connectivity index (χ3v) is 6.54. The lowest BCUT2D eigenvalue weighted by Crippen LogP contribution is -2.60. The van der Waals surface area contributed by atoms with Crippen molar-refractivity contribution < 1.29 is 14.3 Å². The molecule has 10 nitrogen and oxygen atoms in total. The maximum Gasteiger partial charge on any atom is 0.255 e. The van der Waals surface area contributed by atoms with Crippen molar-refractivity contribution in [1.29, 1.82) is 0 Å². The number of benzene rings is 1. The fourth-order valence-corrected chi connectivity index (χ4v) is 4.77. The van der Waals surface area contributed by atoms with Crippen LogP contribution in [-0.4, -0.2) is 75.1 Å². The summed E-state index contributed by atoms with van der Waals surface area (Å²) in [5, 5.41) is 11.4. The molecule has 2 fully saturated rings. The van der Waals surface area contributed by atoms with E-state index in [1.165, 1.54) is 0 Å². The van der Waals surface area contributed by atoms with Crippen molar-refractivity contribution >= 4 is 11.9 Å². The number of rotatable bonds is 5. The van der Waals surface area contributed by atoms with Crippen LogP contribution in [0.5, 0.6) is 5.75 Å². The van der Waals surface area contributed by atoms with Crippen LogP contribution < -0.4 is 9.64 Å². The molecule has 178 valence electrons. The highest BCUT2D eigenvalue weighted by molar-refractivity contribution is 5.86. The monoisotopic (exact) mass is 463 g/mol. The van der Waals surface area contributed by atoms with Gasteiger partial charge in [0.05, 0.1) is 20.3 Å². The van der Waals surface area contributed by atoms with Gasteiger partial charge >= 0.3 is 0 Å². The van der Waals surface area contributed by atoms with Gasteiger partial charge in [-0.1, -0.05) is 12.1 Å². The molecule has 2 aliphatic rings. The number of nitrogens with zero attached hydrogens (tertiary/aromatic N) is 6. The number of carbonyl (C=O) groups excluding carboxylic acids is 1. The normalized spacial score (nSPS) is 17.9. The van der Waals surface area contributed by atoms with E-state index in [1.807, 2.05) is 49.1 Å². The first kappa shape index (κ1) is 22.3. The number of aryl methyl sites for hydroxylation is 2. The van der Waals surface area contributed by atoms with E-state index in [4.69, 9.17) is 9.47 Å². The number of H-pyrrole nitrogens is 1. The highest BCUT2D eigenvalue weighted by Crippen LogP contribution is 2.34. The van der Waals surface area contributed by atoms with Crippen molar-refractivity contribution in [3.05, 3.63) is 47.4 Å². The molecule has 3 aromatic rings. The van der Waals surface area contributed by atoms with Crippen molar-refractivity contribution in [3.63, 3.8) is 0 Å². The minimum absolute atomic E-state index is 0.0133. The Morgan fingerprint density at radius 3 is 2.59 bits per heavy atom. The van der Waals surface area contributed by atoms with Gasteiger partial charge < -0.3 is 19.3 Å². The summed E-state index contributed by atoms with van der Waals surface area (Å²) in [5.74, 6) is 1.48. The predicted octanol–water partition coefficient (Wildman–Crippen LogP) is 2.29. The molecule has 0 unspecified atom stereocenters. The minimum Gasteiger partial charge on any atom is -0.497 e. The van der Waals surface area contributed by atoms with Crippen LogP contribution in [0, 0.1) is 13.8 Å². The average molecular weight is 464 g/mol. The molecule has 1 N–H and O–H groups in total. The van der Waals surface area contributed by atoms with E-state index in [9.17, 15) is 4.79 Å². The van der Waals surface area contributed by atoms with Gasteiger partial charge in [0.1, 0.15) is 22.7 Å². The quantitative estimate of drug-likeness (QED) is 0.614. The zero-order valence-corrected chi connectivity index (χ0v) is 19.7. The van der Waals surface area contributed by atoms with E-state index in [-0.39, 0.29) is 5.91 Å². The molecule has 0 bridgehead atoms. The second-order valence-electron chi connectivity index (χ2n) is 8.86. The molecular weight excluding hydrogens is 434 g/mol. The van der Waals surface area contributed by atoms with E-state index < -0.39 is 5.60 Å². The topological polar surface area (TPSA) is 109 Å². The number of anilines is 1. The van der Waals surface area contributed by atoms with Crippen LogP contribution in [0.2, 0.25) is 0 Å². The van der Waals surface area contributed by atoms with Gasteiger partial charge in [0.25, 0.3) is 5.91 Å². The maximum absolute atomic E-state index is 13.6. The number of aromatic nitrogens is 5. The number of hydrogen-bond acceptors (Lipinski definition) is 8.